The number of nitrogens with one attached hydrogen (secondary N) is 1. The molecule has 0 aliphatic heterocycles. The molecular formula is C15H25NO5. The molecule has 2 N–H and O–H groups in total. The fraction of sp³-hybridized carbons (Fsp3) is 0.733. The molecule has 0 radical (unpaired) electrons. The van der Waals surface area contributed by atoms with Gasteiger partial charge in [-0.1, -0.05) is 6.08 Å². The lowest BCUT2D eigenvalue weighted by Gasteiger charge is -2.32. The first-order valence-corrected chi connectivity index (χ1v) is 6.95. The molecule has 1 rings (SSSR count). The maximum Gasteiger partial charge on any atom is 0.408 e. The van der Waals surface area contributed by atoms with Crippen LogP contribution < -0.4 is 5.32 Å². The van der Waals surface area contributed by atoms with Gasteiger partial charge in [0, 0.05) is 6.42 Å². The molecule has 0 aromatic heterocycles. The van der Waals surface area contributed by atoms with Crippen LogP contribution in [0.4, 0.5) is 4.79 Å². The molecule has 6 heteroatoms. The number of aliphatic hydroxyl groups excluding tert-OH is 1. The topological polar surface area (TPSA) is 84.9 Å². The van der Waals surface area contributed by atoms with E-state index in [4.69, 9.17) is 9.47 Å². The molecule has 0 aromatic rings. The van der Waals surface area contributed by atoms with Crippen LogP contribution in [-0.4, -0.2) is 40.0 Å². The Bertz CT molecular complexity index is 444. The second-order valence-electron chi connectivity index (χ2n) is 7.23. The predicted molar refractivity (Wildman–Crippen MR) is 77.7 cm³/mol. The number of hydrogen-bond donors (Lipinski definition) is 2. The summed E-state index contributed by atoms with van der Waals surface area (Å²) in [4.78, 5) is 24.3. The highest BCUT2D eigenvalue weighted by molar-refractivity contribution is 5.89. The highest BCUT2D eigenvalue weighted by atomic mass is 16.6. The van der Waals surface area contributed by atoms with Crippen LogP contribution in [-0.2, 0) is 14.3 Å². The minimum absolute atomic E-state index is 0.0289. The normalized spacial score (nSPS) is 25.6. The first-order valence-electron chi connectivity index (χ1n) is 6.95. The van der Waals surface area contributed by atoms with Gasteiger partial charge >= 0.3 is 12.1 Å². The summed E-state index contributed by atoms with van der Waals surface area (Å²) in [5.41, 5.74) is -2.77. The van der Waals surface area contributed by atoms with E-state index in [-0.39, 0.29) is 6.42 Å². The number of carbonyl (C=O) groups excluding carboxylic acids is 2. The SMILES string of the molecule is CC(C)(C)OC(=O)N[C@]1(C(=O)OC(C)(C)C)C=C[C@H](O)C1. The summed E-state index contributed by atoms with van der Waals surface area (Å²) in [5.74, 6) is -0.617. The van der Waals surface area contributed by atoms with E-state index in [1.54, 1.807) is 41.5 Å². The van der Waals surface area contributed by atoms with Crippen molar-refractivity contribution in [3.8, 4) is 0 Å². The molecule has 21 heavy (non-hydrogen) atoms. The van der Waals surface area contributed by atoms with Gasteiger partial charge in [-0.05, 0) is 47.6 Å². The third kappa shape index (κ3) is 5.38. The van der Waals surface area contributed by atoms with Crippen LogP contribution in [0.5, 0.6) is 0 Å². The average molecular weight is 299 g/mol. The minimum atomic E-state index is -1.39. The quantitative estimate of drug-likeness (QED) is 0.601. The van der Waals surface area contributed by atoms with Crippen LogP contribution >= 0.6 is 0 Å². The summed E-state index contributed by atoms with van der Waals surface area (Å²) in [6, 6.07) is 0. The Labute approximate surface area is 125 Å². The van der Waals surface area contributed by atoms with Crippen LogP contribution in [0.2, 0.25) is 0 Å². The monoisotopic (exact) mass is 299 g/mol. The highest BCUT2D eigenvalue weighted by Crippen LogP contribution is 2.27. The van der Waals surface area contributed by atoms with Crippen molar-refractivity contribution in [2.75, 3.05) is 0 Å². The van der Waals surface area contributed by atoms with Crippen molar-refractivity contribution in [1.29, 1.82) is 0 Å². The summed E-state index contributed by atoms with van der Waals surface area (Å²) >= 11 is 0. The molecule has 0 spiro atoms. The molecule has 0 bridgehead atoms. The van der Waals surface area contributed by atoms with Gasteiger partial charge in [0.2, 0.25) is 0 Å². The van der Waals surface area contributed by atoms with E-state index in [9.17, 15) is 14.7 Å². The second-order valence-corrected chi connectivity index (χ2v) is 7.23. The molecule has 1 aliphatic carbocycles. The van der Waals surface area contributed by atoms with Crippen molar-refractivity contribution < 1.29 is 24.2 Å². The van der Waals surface area contributed by atoms with Gasteiger partial charge < -0.3 is 19.9 Å². The van der Waals surface area contributed by atoms with Gasteiger partial charge in [0.15, 0.2) is 5.54 Å². The third-order valence-electron chi connectivity index (χ3n) is 2.62. The number of amides is 1. The van der Waals surface area contributed by atoms with Crippen LogP contribution in [0, 0.1) is 0 Å². The van der Waals surface area contributed by atoms with E-state index in [0.717, 1.165) is 0 Å². The van der Waals surface area contributed by atoms with E-state index < -0.39 is 34.9 Å². The van der Waals surface area contributed by atoms with Crippen LogP contribution in [0.1, 0.15) is 48.0 Å². The summed E-state index contributed by atoms with van der Waals surface area (Å²) in [6.07, 6.45) is 1.40. The van der Waals surface area contributed by atoms with E-state index in [0.29, 0.717) is 0 Å². The number of carbonyl (C=O) groups is 2. The zero-order valence-corrected chi connectivity index (χ0v) is 13.5. The molecule has 0 fully saturated rings. The van der Waals surface area contributed by atoms with E-state index in [1.807, 2.05) is 0 Å². The fourth-order valence-corrected chi connectivity index (χ4v) is 1.89. The molecule has 0 unspecified atom stereocenters. The van der Waals surface area contributed by atoms with Crippen molar-refractivity contribution in [2.24, 2.45) is 0 Å². The molecule has 2 atom stereocenters. The van der Waals surface area contributed by atoms with Gasteiger partial charge in [-0.25, -0.2) is 9.59 Å². The Hall–Kier alpha value is -1.56. The summed E-state index contributed by atoms with van der Waals surface area (Å²) < 4.78 is 10.5. The summed E-state index contributed by atoms with van der Waals surface area (Å²) in [6.45, 7) is 10.4. The van der Waals surface area contributed by atoms with E-state index in [2.05, 4.69) is 5.32 Å². The van der Waals surface area contributed by atoms with Crippen LogP contribution in [0.3, 0.4) is 0 Å². The summed E-state index contributed by atoms with van der Waals surface area (Å²) in [5, 5.41) is 12.2. The number of rotatable bonds is 2. The smallest absolute Gasteiger partial charge is 0.408 e. The van der Waals surface area contributed by atoms with Crippen molar-refractivity contribution >= 4 is 12.1 Å². The van der Waals surface area contributed by atoms with Gasteiger partial charge in [-0.3, -0.25) is 0 Å². The summed E-state index contributed by atoms with van der Waals surface area (Å²) in [7, 11) is 0. The lowest BCUT2D eigenvalue weighted by atomic mass is 9.98. The molecule has 0 saturated carbocycles. The second kappa shape index (κ2) is 5.67. The first-order chi connectivity index (χ1) is 9.33. The molecule has 6 nitrogen and oxygen atoms in total. The first kappa shape index (κ1) is 17.5. The predicted octanol–water partition coefficient (Wildman–Crippen LogP) is 1.91. The van der Waals surface area contributed by atoms with Crippen LogP contribution in [0.25, 0.3) is 0 Å². The molecule has 0 heterocycles. The Morgan fingerprint density at radius 1 is 1.14 bits per heavy atom. The lowest BCUT2D eigenvalue weighted by Crippen LogP contribution is -2.55. The maximum absolute atomic E-state index is 12.4. The van der Waals surface area contributed by atoms with E-state index in [1.165, 1.54) is 12.2 Å². The average Bonchev–Trinajstić information content (AvgIpc) is 2.55. The van der Waals surface area contributed by atoms with Crippen molar-refractivity contribution in [3.05, 3.63) is 12.2 Å². The van der Waals surface area contributed by atoms with Crippen molar-refractivity contribution in [3.63, 3.8) is 0 Å². The van der Waals surface area contributed by atoms with Gasteiger partial charge in [0.25, 0.3) is 0 Å². The van der Waals surface area contributed by atoms with Gasteiger partial charge in [-0.2, -0.15) is 0 Å². The number of esters is 1. The largest absolute Gasteiger partial charge is 0.458 e. The zero-order chi connectivity index (χ0) is 16.5. The Kier molecular flexibility index (Phi) is 4.73. The van der Waals surface area contributed by atoms with Crippen molar-refractivity contribution in [2.45, 2.75) is 70.8 Å². The van der Waals surface area contributed by atoms with Gasteiger partial charge in [0.05, 0.1) is 6.10 Å². The van der Waals surface area contributed by atoms with Crippen molar-refractivity contribution in [1.82, 2.24) is 5.32 Å². The highest BCUT2D eigenvalue weighted by Gasteiger charge is 2.46. The van der Waals surface area contributed by atoms with Gasteiger partial charge in [-0.15, -0.1) is 0 Å². The molecule has 120 valence electrons. The fourth-order valence-electron chi connectivity index (χ4n) is 1.89. The Morgan fingerprint density at radius 2 is 1.67 bits per heavy atom. The zero-order valence-electron chi connectivity index (χ0n) is 13.5. The van der Waals surface area contributed by atoms with Gasteiger partial charge in [0.1, 0.15) is 11.2 Å². The molecule has 1 aliphatic rings. The number of alkyl carbamates (subject to hydrolysis) is 1. The standard InChI is InChI=1S/C15H25NO5/c1-13(2,3)20-11(18)15(8-7-10(17)9-15)16-12(19)21-14(4,5)6/h7-8,10,17H,9H2,1-6H3,(H,16,19)/t10-,15+/m0/s1. The molecule has 0 saturated heterocycles. The molecular weight excluding hydrogens is 274 g/mol. The minimum Gasteiger partial charge on any atom is -0.458 e. The molecule has 1 amide bonds. The lowest BCUT2D eigenvalue weighted by molar-refractivity contribution is -0.161. The third-order valence-corrected chi connectivity index (χ3v) is 2.62. The maximum atomic E-state index is 12.4. The Morgan fingerprint density at radius 3 is 2.05 bits per heavy atom. The Balaban J connectivity index is 2.89. The molecule has 0 aromatic carbocycles. The number of ether oxygens (including phenoxy) is 2. The van der Waals surface area contributed by atoms with Crippen LogP contribution in [0.15, 0.2) is 12.2 Å². The van der Waals surface area contributed by atoms with E-state index >= 15 is 0 Å². The number of hydrogen-bond acceptors (Lipinski definition) is 5. The number of aliphatic hydroxyl groups is 1.